The van der Waals surface area contributed by atoms with Crippen molar-refractivity contribution in [2.75, 3.05) is 5.75 Å². The normalized spacial score (nSPS) is 12.4. The third-order valence-corrected chi connectivity index (χ3v) is 4.33. The number of aliphatic hydroxyl groups is 1. The third kappa shape index (κ3) is 3.81. The highest BCUT2D eigenvalue weighted by atomic mass is 32.2. The van der Waals surface area contributed by atoms with Gasteiger partial charge in [-0.25, -0.2) is 8.78 Å². The maximum Gasteiger partial charge on any atom is 0.162 e. The first kappa shape index (κ1) is 15.0. The molecule has 1 atom stereocenters. The Bertz CT molecular complexity index is 586. The van der Waals surface area contributed by atoms with Crippen LogP contribution in [0.5, 0.6) is 0 Å². The van der Waals surface area contributed by atoms with E-state index in [1.807, 2.05) is 31.2 Å². The Morgan fingerprint density at radius 2 is 1.85 bits per heavy atom. The third-order valence-electron chi connectivity index (χ3n) is 3.01. The molecule has 1 nitrogen and oxygen atoms in total. The summed E-state index contributed by atoms with van der Waals surface area (Å²) >= 11 is 1.52. The van der Waals surface area contributed by atoms with Gasteiger partial charge in [-0.3, -0.25) is 0 Å². The van der Waals surface area contributed by atoms with Gasteiger partial charge in [-0.15, -0.1) is 11.8 Å². The molecule has 0 radical (unpaired) electrons. The molecule has 0 fully saturated rings. The molecule has 2 rings (SSSR count). The van der Waals surface area contributed by atoms with Crippen LogP contribution in [0, 0.1) is 18.6 Å². The lowest BCUT2D eigenvalue weighted by Crippen LogP contribution is -2.15. The van der Waals surface area contributed by atoms with E-state index in [0.29, 0.717) is 5.75 Å². The summed E-state index contributed by atoms with van der Waals surface area (Å²) in [7, 11) is 0. The van der Waals surface area contributed by atoms with Gasteiger partial charge >= 0.3 is 0 Å². The zero-order valence-electron chi connectivity index (χ0n) is 11.1. The fourth-order valence-electron chi connectivity index (χ4n) is 1.92. The Morgan fingerprint density at radius 3 is 2.60 bits per heavy atom. The molecule has 1 unspecified atom stereocenters. The largest absolute Gasteiger partial charge is 0.392 e. The summed E-state index contributed by atoms with van der Waals surface area (Å²) in [4.78, 5) is 1.09. The van der Waals surface area contributed by atoms with Crippen LogP contribution in [0.25, 0.3) is 0 Å². The lowest BCUT2D eigenvalue weighted by Gasteiger charge is -2.12. The van der Waals surface area contributed by atoms with Crippen molar-refractivity contribution >= 4 is 11.8 Å². The van der Waals surface area contributed by atoms with Gasteiger partial charge in [0.15, 0.2) is 11.6 Å². The fourth-order valence-corrected chi connectivity index (χ4v) is 2.88. The summed E-state index contributed by atoms with van der Waals surface area (Å²) in [6.45, 7) is 2.00. The van der Waals surface area contributed by atoms with Crippen LogP contribution in [-0.4, -0.2) is 17.0 Å². The molecule has 0 saturated heterocycles. The molecular weight excluding hydrogens is 278 g/mol. The van der Waals surface area contributed by atoms with Gasteiger partial charge in [-0.05, 0) is 30.2 Å². The van der Waals surface area contributed by atoms with Crippen LogP contribution in [0.2, 0.25) is 0 Å². The van der Waals surface area contributed by atoms with Crippen LogP contribution < -0.4 is 0 Å². The molecule has 1 N–H and O–H groups in total. The van der Waals surface area contributed by atoms with Crippen LogP contribution in [0.1, 0.15) is 11.1 Å². The quantitative estimate of drug-likeness (QED) is 0.842. The van der Waals surface area contributed by atoms with E-state index in [2.05, 4.69) is 0 Å². The number of aryl methyl sites for hydroxylation is 1. The lowest BCUT2D eigenvalue weighted by molar-refractivity contribution is 0.198. The van der Waals surface area contributed by atoms with Gasteiger partial charge in [0, 0.05) is 17.1 Å². The summed E-state index contributed by atoms with van der Waals surface area (Å²) in [6, 6.07) is 11.9. The average Bonchev–Trinajstić information content (AvgIpc) is 2.43. The number of halogens is 2. The molecule has 0 spiro atoms. The van der Waals surface area contributed by atoms with E-state index in [-0.39, 0.29) is 12.0 Å². The van der Waals surface area contributed by atoms with Gasteiger partial charge in [0.05, 0.1) is 6.10 Å². The van der Waals surface area contributed by atoms with Gasteiger partial charge in [0.25, 0.3) is 0 Å². The van der Waals surface area contributed by atoms with E-state index < -0.39 is 17.7 Å². The Labute approximate surface area is 121 Å². The number of aliphatic hydroxyl groups excluding tert-OH is 1. The van der Waals surface area contributed by atoms with Crippen molar-refractivity contribution in [3.63, 3.8) is 0 Å². The highest BCUT2D eigenvalue weighted by Gasteiger charge is 2.13. The Morgan fingerprint density at radius 1 is 1.10 bits per heavy atom. The number of hydrogen-bond donors (Lipinski definition) is 1. The SMILES string of the molecule is Cc1ccccc1SCC(O)Cc1cccc(F)c1F. The zero-order chi connectivity index (χ0) is 14.5. The molecule has 0 amide bonds. The maximum atomic E-state index is 13.5. The van der Waals surface area contributed by atoms with Gasteiger partial charge in [0.1, 0.15) is 0 Å². The van der Waals surface area contributed by atoms with Crippen molar-refractivity contribution in [1.82, 2.24) is 0 Å². The van der Waals surface area contributed by atoms with Crippen LogP contribution in [0.4, 0.5) is 8.78 Å². The molecule has 0 aliphatic carbocycles. The number of hydrogen-bond acceptors (Lipinski definition) is 2. The molecule has 106 valence electrons. The zero-order valence-corrected chi connectivity index (χ0v) is 12.0. The molecule has 0 aliphatic heterocycles. The van der Waals surface area contributed by atoms with Gasteiger partial charge in [-0.1, -0.05) is 30.3 Å². The fraction of sp³-hybridized carbons (Fsp3) is 0.250. The molecule has 0 aliphatic rings. The molecule has 2 aromatic rings. The van der Waals surface area contributed by atoms with Crippen molar-refractivity contribution < 1.29 is 13.9 Å². The van der Waals surface area contributed by atoms with E-state index in [9.17, 15) is 13.9 Å². The highest BCUT2D eigenvalue weighted by molar-refractivity contribution is 7.99. The first-order valence-electron chi connectivity index (χ1n) is 6.37. The number of benzene rings is 2. The molecule has 20 heavy (non-hydrogen) atoms. The second kappa shape index (κ2) is 6.86. The second-order valence-corrected chi connectivity index (χ2v) is 5.71. The average molecular weight is 294 g/mol. The van der Waals surface area contributed by atoms with Crippen LogP contribution in [0.3, 0.4) is 0 Å². The molecule has 0 aromatic heterocycles. The summed E-state index contributed by atoms with van der Waals surface area (Å²) in [5, 5.41) is 9.96. The van der Waals surface area contributed by atoms with Crippen molar-refractivity contribution in [3.05, 3.63) is 65.2 Å². The topological polar surface area (TPSA) is 20.2 Å². The summed E-state index contributed by atoms with van der Waals surface area (Å²) in [6.07, 6.45) is -0.599. The molecule has 0 saturated carbocycles. The van der Waals surface area contributed by atoms with E-state index in [4.69, 9.17) is 0 Å². The van der Waals surface area contributed by atoms with E-state index in [1.54, 1.807) is 0 Å². The summed E-state index contributed by atoms with van der Waals surface area (Å²) in [5.41, 5.74) is 1.35. The number of thioether (sulfide) groups is 1. The van der Waals surface area contributed by atoms with Crippen LogP contribution in [0.15, 0.2) is 47.4 Å². The van der Waals surface area contributed by atoms with Crippen molar-refractivity contribution in [1.29, 1.82) is 0 Å². The maximum absolute atomic E-state index is 13.5. The highest BCUT2D eigenvalue weighted by Crippen LogP contribution is 2.23. The van der Waals surface area contributed by atoms with E-state index in [0.717, 1.165) is 16.5 Å². The van der Waals surface area contributed by atoms with Crippen LogP contribution in [-0.2, 0) is 6.42 Å². The van der Waals surface area contributed by atoms with Crippen molar-refractivity contribution in [3.8, 4) is 0 Å². The molecule has 0 heterocycles. The van der Waals surface area contributed by atoms with Crippen molar-refractivity contribution in [2.24, 2.45) is 0 Å². The molecule has 2 aromatic carbocycles. The molecule has 4 heteroatoms. The first-order valence-corrected chi connectivity index (χ1v) is 7.36. The Kier molecular flexibility index (Phi) is 5.15. The van der Waals surface area contributed by atoms with Gasteiger partial charge in [0.2, 0.25) is 0 Å². The molecular formula is C16H16F2OS. The lowest BCUT2D eigenvalue weighted by atomic mass is 10.1. The predicted molar refractivity (Wildman–Crippen MR) is 78.0 cm³/mol. The minimum Gasteiger partial charge on any atom is -0.392 e. The monoisotopic (exact) mass is 294 g/mol. The van der Waals surface area contributed by atoms with E-state index in [1.165, 1.54) is 23.9 Å². The first-order chi connectivity index (χ1) is 9.58. The standard InChI is InChI=1S/C16H16F2OS/c1-11-5-2-3-8-15(11)20-10-13(19)9-12-6-4-7-14(17)16(12)18/h2-8,13,19H,9-10H2,1H3. The van der Waals surface area contributed by atoms with E-state index >= 15 is 0 Å². The Balaban J connectivity index is 1.94. The predicted octanol–water partition coefficient (Wildman–Crippen LogP) is 3.97. The molecule has 0 bridgehead atoms. The summed E-state index contributed by atoms with van der Waals surface area (Å²) in [5.74, 6) is -1.30. The Hall–Kier alpha value is -1.39. The second-order valence-electron chi connectivity index (χ2n) is 4.65. The minimum atomic E-state index is -0.874. The minimum absolute atomic E-state index is 0.114. The van der Waals surface area contributed by atoms with Crippen LogP contribution >= 0.6 is 11.8 Å². The smallest absolute Gasteiger partial charge is 0.162 e. The van der Waals surface area contributed by atoms with Gasteiger partial charge < -0.3 is 5.11 Å². The van der Waals surface area contributed by atoms with Crippen molar-refractivity contribution in [2.45, 2.75) is 24.3 Å². The van der Waals surface area contributed by atoms with Gasteiger partial charge in [-0.2, -0.15) is 0 Å². The summed E-state index contributed by atoms with van der Waals surface area (Å²) < 4.78 is 26.6. The number of rotatable bonds is 5.